The molecule has 5 heteroatoms. The molecular weight excluding hydrogens is 382 g/mol. The number of nitrogens with one attached hydrogen (secondary N) is 1. The predicted octanol–water partition coefficient (Wildman–Crippen LogP) is 5.69. The first-order valence-corrected chi connectivity index (χ1v) is 11.5. The molecule has 1 aliphatic heterocycles. The first-order chi connectivity index (χ1) is 13.6. The van der Waals surface area contributed by atoms with Gasteiger partial charge < -0.3 is 15.1 Å². The largest absolute Gasteiger partial charge is 0.376 e. The highest BCUT2D eigenvalue weighted by atomic mass is 32.2. The van der Waals surface area contributed by atoms with E-state index in [9.17, 15) is 0 Å². The van der Waals surface area contributed by atoms with Gasteiger partial charge >= 0.3 is 0 Å². The lowest BCUT2D eigenvalue weighted by Gasteiger charge is -2.39. The van der Waals surface area contributed by atoms with Gasteiger partial charge in [0.25, 0.3) is 0 Å². The van der Waals surface area contributed by atoms with Crippen molar-refractivity contribution in [2.45, 2.75) is 49.9 Å². The first kappa shape index (κ1) is 21.2. The van der Waals surface area contributed by atoms with E-state index in [1.165, 1.54) is 21.2 Å². The molecule has 0 saturated heterocycles. The van der Waals surface area contributed by atoms with E-state index >= 15 is 0 Å². The summed E-state index contributed by atoms with van der Waals surface area (Å²) >= 11 is 7.49. The number of anilines is 2. The Morgan fingerprint density at radius 2 is 1.79 bits per heavy atom. The molecular formula is C23H31N3S2. The van der Waals surface area contributed by atoms with Crippen molar-refractivity contribution >= 4 is 40.3 Å². The van der Waals surface area contributed by atoms with Gasteiger partial charge in [-0.05, 0) is 50.7 Å². The fourth-order valence-electron chi connectivity index (χ4n) is 3.68. The summed E-state index contributed by atoms with van der Waals surface area (Å²) in [4.78, 5) is 8.45. The normalized spacial score (nSPS) is 13.8. The molecule has 0 bridgehead atoms. The van der Waals surface area contributed by atoms with Crippen LogP contribution in [0.3, 0.4) is 0 Å². The zero-order valence-electron chi connectivity index (χ0n) is 17.4. The van der Waals surface area contributed by atoms with Gasteiger partial charge in [-0.3, -0.25) is 0 Å². The van der Waals surface area contributed by atoms with E-state index in [1.807, 2.05) is 11.8 Å². The molecule has 1 heterocycles. The third kappa shape index (κ3) is 4.53. The van der Waals surface area contributed by atoms with Gasteiger partial charge in [0, 0.05) is 34.5 Å². The maximum absolute atomic E-state index is 5.64. The molecule has 3 nitrogen and oxygen atoms in total. The standard InChI is InChI=1S/C23H31N3S2/c1-5-14-24-23(27)18-12-13-22-20(15-18)26(17(4)16-25(6-2)7-3)19-10-8-9-11-21(19)28-22/h8-13,15,17H,5-7,14,16H2,1-4H3,(H,24,27)/t17-/m1/s1. The van der Waals surface area contributed by atoms with Crippen molar-refractivity contribution in [3.63, 3.8) is 0 Å². The average Bonchev–Trinajstić information content (AvgIpc) is 2.73. The summed E-state index contributed by atoms with van der Waals surface area (Å²) in [5.41, 5.74) is 3.66. The van der Waals surface area contributed by atoms with Crippen LogP contribution < -0.4 is 10.2 Å². The molecule has 0 aromatic heterocycles. The Balaban J connectivity index is 1.99. The molecule has 0 spiro atoms. The Hall–Kier alpha value is -1.56. The molecule has 0 radical (unpaired) electrons. The van der Waals surface area contributed by atoms with Crippen LogP contribution in [0.5, 0.6) is 0 Å². The summed E-state index contributed by atoms with van der Waals surface area (Å²) < 4.78 is 0. The Bertz CT molecular complexity index is 817. The summed E-state index contributed by atoms with van der Waals surface area (Å²) in [6, 6.07) is 15.7. The lowest BCUT2D eigenvalue weighted by atomic mass is 10.1. The zero-order valence-corrected chi connectivity index (χ0v) is 19.0. The molecule has 1 N–H and O–H groups in total. The number of benzene rings is 2. The minimum Gasteiger partial charge on any atom is -0.376 e. The van der Waals surface area contributed by atoms with E-state index < -0.39 is 0 Å². The molecule has 1 aliphatic rings. The number of hydrogen-bond donors (Lipinski definition) is 1. The van der Waals surface area contributed by atoms with Crippen molar-refractivity contribution < 1.29 is 0 Å². The molecule has 1 atom stereocenters. The number of likely N-dealkylation sites (N-methyl/N-ethyl adjacent to an activating group) is 1. The van der Waals surface area contributed by atoms with E-state index in [-0.39, 0.29) is 0 Å². The Morgan fingerprint density at radius 1 is 1.07 bits per heavy atom. The highest BCUT2D eigenvalue weighted by Crippen LogP contribution is 2.49. The van der Waals surface area contributed by atoms with Crippen molar-refractivity contribution in [3.05, 3.63) is 48.0 Å². The number of para-hydroxylation sites is 1. The monoisotopic (exact) mass is 413 g/mol. The van der Waals surface area contributed by atoms with E-state index in [4.69, 9.17) is 12.2 Å². The molecule has 0 aliphatic carbocycles. The molecule has 150 valence electrons. The highest BCUT2D eigenvalue weighted by Gasteiger charge is 2.28. The van der Waals surface area contributed by atoms with Crippen LogP contribution in [0, 0.1) is 0 Å². The van der Waals surface area contributed by atoms with Crippen molar-refractivity contribution in [2.75, 3.05) is 31.1 Å². The van der Waals surface area contributed by atoms with Gasteiger partial charge in [0.15, 0.2) is 0 Å². The van der Waals surface area contributed by atoms with Gasteiger partial charge in [-0.25, -0.2) is 0 Å². The molecule has 0 unspecified atom stereocenters. The molecule has 2 aromatic carbocycles. The van der Waals surface area contributed by atoms with E-state index in [1.54, 1.807) is 0 Å². The number of hydrogen-bond acceptors (Lipinski definition) is 4. The number of thiocarbonyl (C=S) groups is 1. The molecule has 28 heavy (non-hydrogen) atoms. The van der Waals surface area contributed by atoms with Crippen LogP contribution >= 0.6 is 24.0 Å². The number of nitrogens with zero attached hydrogens (tertiary/aromatic N) is 2. The summed E-state index contributed by atoms with van der Waals surface area (Å²) in [6.07, 6.45) is 1.07. The van der Waals surface area contributed by atoms with Crippen LogP contribution in [-0.4, -0.2) is 42.1 Å². The minimum absolute atomic E-state index is 0.369. The second-order valence-electron chi connectivity index (χ2n) is 7.21. The molecule has 3 rings (SSSR count). The molecule has 0 amide bonds. The Kier molecular flexibility index (Phi) is 7.38. The second kappa shape index (κ2) is 9.77. The fraction of sp³-hybridized carbons (Fsp3) is 0.435. The van der Waals surface area contributed by atoms with Crippen molar-refractivity contribution in [1.82, 2.24) is 10.2 Å². The van der Waals surface area contributed by atoms with Crippen LogP contribution in [0.1, 0.15) is 39.7 Å². The van der Waals surface area contributed by atoms with Crippen LogP contribution in [0.4, 0.5) is 11.4 Å². The minimum atomic E-state index is 0.369. The summed E-state index contributed by atoms with van der Waals surface area (Å²) in [5.74, 6) is 0. The third-order valence-corrected chi connectivity index (χ3v) is 6.73. The topological polar surface area (TPSA) is 18.5 Å². The maximum Gasteiger partial charge on any atom is 0.106 e. The first-order valence-electron chi connectivity index (χ1n) is 10.3. The van der Waals surface area contributed by atoms with E-state index in [0.29, 0.717) is 6.04 Å². The molecule has 0 saturated carbocycles. The van der Waals surface area contributed by atoms with Gasteiger partial charge in [-0.2, -0.15) is 0 Å². The Morgan fingerprint density at radius 3 is 2.50 bits per heavy atom. The van der Waals surface area contributed by atoms with Crippen molar-refractivity contribution in [2.24, 2.45) is 0 Å². The lowest BCUT2D eigenvalue weighted by molar-refractivity contribution is 0.288. The maximum atomic E-state index is 5.64. The molecule has 0 fully saturated rings. The number of fused-ring (bicyclic) bond motifs is 2. The quantitative estimate of drug-likeness (QED) is 0.558. The fourth-order valence-corrected chi connectivity index (χ4v) is 4.96. The highest BCUT2D eigenvalue weighted by molar-refractivity contribution is 7.99. The van der Waals surface area contributed by atoms with Crippen molar-refractivity contribution in [3.8, 4) is 0 Å². The van der Waals surface area contributed by atoms with Gasteiger partial charge in [0.2, 0.25) is 0 Å². The lowest BCUT2D eigenvalue weighted by Crippen LogP contribution is -2.41. The number of rotatable bonds is 8. The van der Waals surface area contributed by atoms with Crippen LogP contribution in [0.15, 0.2) is 52.3 Å². The summed E-state index contributed by atoms with van der Waals surface area (Å²) in [6.45, 7) is 13.1. The second-order valence-corrected chi connectivity index (χ2v) is 8.71. The van der Waals surface area contributed by atoms with Crippen molar-refractivity contribution in [1.29, 1.82) is 0 Å². The zero-order chi connectivity index (χ0) is 20.1. The van der Waals surface area contributed by atoms with E-state index in [2.05, 4.69) is 85.3 Å². The van der Waals surface area contributed by atoms with Gasteiger partial charge in [0.05, 0.1) is 11.4 Å². The summed E-state index contributed by atoms with van der Waals surface area (Å²) in [7, 11) is 0. The predicted molar refractivity (Wildman–Crippen MR) is 126 cm³/mol. The van der Waals surface area contributed by atoms with Crippen LogP contribution in [0.25, 0.3) is 0 Å². The molecule has 2 aromatic rings. The van der Waals surface area contributed by atoms with Gasteiger partial charge in [-0.1, -0.05) is 63.0 Å². The Labute approximate surface area is 179 Å². The van der Waals surface area contributed by atoms with Crippen LogP contribution in [-0.2, 0) is 0 Å². The smallest absolute Gasteiger partial charge is 0.106 e. The summed E-state index contributed by atoms with van der Waals surface area (Å²) in [5, 5.41) is 3.37. The van der Waals surface area contributed by atoms with Gasteiger partial charge in [-0.15, -0.1) is 0 Å². The van der Waals surface area contributed by atoms with Gasteiger partial charge in [0.1, 0.15) is 4.99 Å². The SMILES string of the molecule is CCCNC(=S)c1ccc2c(c1)N([C@H](C)CN(CC)CC)c1ccccc1S2. The van der Waals surface area contributed by atoms with E-state index in [0.717, 1.165) is 43.2 Å². The van der Waals surface area contributed by atoms with Crippen LogP contribution in [0.2, 0.25) is 0 Å². The third-order valence-electron chi connectivity index (χ3n) is 5.22. The average molecular weight is 414 g/mol.